The number of hydrogen-bond donors (Lipinski definition) is 2. The Kier molecular flexibility index (Phi) is 5.47. The molecular weight excluding hydrogens is 470 g/mol. The Morgan fingerprint density at radius 1 is 1.17 bits per heavy atom. The summed E-state index contributed by atoms with van der Waals surface area (Å²) in [6, 6.07) is 7.57. The molecule has 0 bridgehead atoms. The quantitative estimate of drug-likeness (QED) is 0.424. The Bertz CT molecular complexity index is 1620. The number of fused-ring (bicyclic) bond motifs is 1. The van der Waals surface area contributed by atoms with E-state index in [4.69, 9.17) is 0 Å². The first kappa shape index (κ1) is 22.8. The molecule has 0 aliphatic carbocycles. The number of aryl methyl sites for hydroxylation is 1. The summed E-state index contributed by atoms with van der Waals surface area (Å²) in [5, 5.41) is 14.5. The van der Waals surface area contributed by atoms with Crippen LogP contribution < -0.4 is 15.8 Å². The maximum absolute atomic E-state index is 13.4. The van der Waals surface area contributed by atoms with Crippen LogP contribution in [0.25, 0.3) is 10.9 Å². The molecule has 11 nitrogen and oxygen atoms in total. The normalized spacial score (nSPS) is 16.2. The lowest BCUT2D eigenvalue weighted by Gasteiger charge is -2.18. The first-order valence-electron chi connectivity index (χ1n) is 11.1. The molecule has 5 rings (SSSR count). The van der Waals surface area contributed by atoms with Crippen LogP contribution in [0.5, 0.6) is 0 Å². The van der Waals surface area contributed by atoms with Gasteiger partial charge in [-0.2, -0.15) is 10.2 Å². The Labute approximate surface area is 201 Å². The van der Waals surface area contributed by atoms with Gasteiger partial charge < -0.3 is 14.8 Å². The molecule has 0 spiro atoms. The third-order valence-corrected chi connectivity index (χ3v) is 8.44. The van der Waals surface area contributed by atoms with Crippen LogP contribution in [-0.4, -0.2) is 58.0 Å². The summed E-state index contributed by atoms with van der Waals surface area (Å²) < 4.78 is 29.6. The number of carbonyl (C=O) groups is 1. The molecule has 1 fully saturated rings. The van der Waals surface area contributed by atoms with Crippen molar-refractivity contribution >= 4 is 32.3 Å². The third kappa shape index (κ3) is 3.99. The van der Waals surface area contributed by atoms with Gasteiger partial charge in [-0.15, -0.1) is 0 Å². The van der Waals surface area contributed by atoms with Crippen LogP contribution in [0.1, 0.15) is 22.6 Å². The molecule has 4 aromatic rings. The van der Waals surface area contributed by atoms with E-state index in [2.05, 4.69) is 20.6 Å². The number of carbonyl (C=O) groups excluding carboxylic acids is 1. The van der Waals surface area contributed by atoms with Gasteiger partial charge in [-0.05, 0) is 37.6 Å². The van der Waals surface area contributed by atoms with Gasteiger partial charge in [0, 0.05) is 50.4 Å². The van der Waals surface area contributed by atoms with Crippen molar-refractivity contribution in [3.8, 4) is 0 Å². The standard InChI is InChI=1S/C23H25N7O4S/c1-14-21(35(33,34)18-4-5-19-15(8-18)11-24-27-19)10-20(28(14)2)23(32)26-16-6-7-30(13-16)17-9-22(31)29(3)25-12-17/h4-5,8-12,16H,6-7,13H2,1-3H3,(H,24,27)(H,26,32)/t16-/m1/s1. The highest BCUT2D eigenvalue weighted by molar-refractivity contribution is 7.91. The van der Waals surface area contributed by atoms with E-state index in [9.17, 15) is 18.0 Å². The molecule has 2 N–H and O–H groups in total. The van der Waals surface area contributed by atoms with E-state index in [0.29, 0.717) is 36.3 Å². The fourth-order valence-electron chi connectivity index (χ4n) is 4.38. The number of amides is 1. The van der Waals surface area contributed by atoms with Gasteiger partial charge in [0.05, 0.1) is 33.4 Å². The predicted molar refractivity (Wildman–Crippen MR) is 129 cm³/mol. The average Bonchev–Trinajstić information content (AvgIpc) is 3.55. The summed E-state index contributed by atoms with van der Waals surface area (Å²) >= 11 is 0. The lowest BCUT2D eigenvalue weighted by atomic mass is 10.2. The number of benzene rings is 1. The topological polar surface area (TPSA) is 135 Å². The lowest BCUT2D eigenvalue weighted by Crippen LogP contribution is -2.38. The molecule has 4 heterocycles. The second-order valence-electron chi connectivity index (χ2n) is 8.74. The molecule has 35 heavy (non-hydrogen) atoms. The van der Waals surface area contributed by atoms with Crippen LogP contribution in [0, 0.1) is 6.92 Å². The minimum atomic E-state index is -3.84. The zero-order chi connectivity index (χ0) is 24.9. The van der Waals surface area contributed by atoms with E-state index in [-0.39, 0.29) is 33.0 Å². The fraction of sp³-hybridized carbons (Fsp3) is 0.304. The SMILES string of the molecule is Cc1c(S(=O)(=O)c2ccc3[nH]ncc3c2)cc(C(=O)N[C@@H]2CCN(c3cnn(C)c(=O)c3)C2)n1C. The number of hydrogen-bond acceptors (Lipinski definition) is 7. The van der Waals surface area contributed by atoms with Gasteiger partial charge in [-0.3, -0.25) is 14.7 Å². The van der Waals surface area contributed by atoms with Crippen molar-refractivity contribution < 1.29 is 13.2 Å². The molecule has 1 aliphatic heterocycles. The number of nitrogens with zero attached hydrogens (tertiary/aromatic N) is 5. The minimum absolute atomic E-state index is 0.0900. The van der Waals surface area contributed by atoms with Gasteiger partial charge in [0.25, 0.3) is 11.5 Å². The Hall–Kier alpha value is -3.93. The maximum Gasteiger partial charge on any atom is 0.268 e. The monoisotopic (exact) mass is 495 g/mol. The number of sulfone groups is 1. The highest BCUT2D eigenvalue weighted by Crippen LogP contribution is 2.28. The molecule has 182 valence electrons. The second kappa shape index (κ2) is 8.38. The number of anilines is 1. The molecule has 0 unspecified atom stereocenters. The van der Waals surface area contributed by atoms with Crippen molar-refractivity contribution in [2.45, 2.75) is 29.2 Å². The zero-order valence-electron chi connectivity index (χ0n) is 19.5. The predicted octanol–water partition coefficient (Wildman–Crippen LogP) is 1.15. The molecule has 0 saturated carbocycles. The Balaban J connectivity index is 1.36. The number of aromatic nitrogens is 5. The highest BCUT2D eigenvalue weighted by Gasteiger charge is 2.29. The molecule has 1 atom stereocenters. The van der Waals surface area contributed by atoms with Crippen molar-refractivity contribution in [2.75, 3.05) is 18.0 Å². The smallest absolute Gasteiger partial charge is 0.268 e. The molecule has 12 heteroatoms. The van der Waals surface area contributed by atoms with Crippen LogP contribution >= 0.6 is 0 Å². The van der Waals surface area contributed by atoms with E-state index in [1.165, 1.54) is 22.9 Å². The number of nitrogens with one attached hydrogen (secondary N) is 2. The van der Waals surface area contributed by atoms with Gasteiger partial charge in [-0.25, -0.2) is 13.1 Å². The van der Waals surface area contributed by atoms with Crippen LogP contribution in [0.4, 0.5) is 5.69 Å². The lowest BCUT2D eigenvalue weighted by molar-refractivity contribution is 0.0932. The van der Waals surface area contributed by atoms with Crippen LogP contribution in [-0.2, 0) is 23.9 Å². The molecular formula is C23H25N7O4S. The van der Waals surface area contributed by atoms with Crippen molar-refractivity contribution in [3.63, 3.8) is 0 Å². The molecule has 0 radical (unpaired) electrons. The van der Waals surface area contributed by atoms with E-state index >= 15 is 0 Å². The molecule has 1 saturated heterocycles. The molecule has 1 aromatic carbocycles. The summed E-state index contributed by atoms with van der Waals surface area (Å²) in [7, 11) is -0.579. The van der Waals surface area contributed by atoms with Crippen molar-refractivity contribution in [2.24, 2.45) is 14.1 Å². The first-order valence-corrected chi connectivity index (χ1v) is 12.6. The Morgan fingerprint density at radius 3 is 2.74 bits per heavy atom. The van der Waals surface area contributed by atoms with Gasteiger partial charge in [0.15, 0.2) is 0 Å². The summed E-state index contributed by atoms with van der Waals surface area (Å²) in [4.78, 5) is 27.2. The van der Waals surface area contributed by atoms with Crippen LogP contribution in [0.15, 0.2) is 57.3 Å². The summed E-state index contributed by atoms with van der Waals surface area (Å²) in [5.41, 5.74) is 1.99. The van der Waals surface area contributed by atoms with E-state index < -0.39 is 9.84 Å². The minimum Gasteiger partial charge on any atom is -0.368 e. The first-order chi connectivity index (χ1) is 16.6. The Morgan fingerprint density at radius 2 is 1.97 bits per heavy atom. The number of aromatic amines is 1. The van der Waals surface area contributed by atoms with Gasteiger partial charge in [-0.1, -0.05) is 0 Å². The van der Waals surface area contributed by atoms with E-state index in [1.54, 1.807) is 50.1 Å². The molecule has 3 aromatic heterocycles. The average molecular weight is 496 g/mol. The summed E-state index contributed by atoms with van der Waals surface area (Å²) in [6.07, 6.45) is 3.89. The highest BCUT2D eigenvalue weighted by atomic mass is 32.2. The van der Waals surface area contributed by atoms with Crippen molar-refractivity contribution in [1.82, 2.24) is 29.9 Å². The zero-order valence-corrected chi connectivity index (χ0v) is 20.3. The van der Waals surface area contributed by atoms with E-state index in [0.717, 1.165) is 5.52 Å². The van der Waals surface area contributed by atoms with Gasteiger partial charge in [0.1, 0.15) is 5.69 Å². The molecule has 1 amide bonds. The van der Waals surface area contributed by atoms with Crippen LogP contribution in [0.2, 0.25) is 0 Å². The van der Waals surface area contributed by atoms with Gasteiger partial charge >= 0.3 is 0 Å². The van der Waals surface area contributed by atoms with Crippen molar-refractivity contribution in [1.29, 1.82) is 0 Å². The fourth-order valence-corrected chi connectivity index (χ4v) is 5.96. The second-order valence-corrected chi connectivity index (χ2v) is 10.7. The number of rotatable bonds is 5. The van der Waals surface area contributed by atoms with Gasteiger partial charge in [0.2, 0.25) is 9.84 Å². The van der Waals surface area contributed by atoms with Crippen LogP contribution in [0.3, 0.4) is 0 Å². The van der Waals surface area contributed by atoms with E-state index in [1.807, 2.05) is 4.90 Å². The number of H-pyrrole nitrogens is 1. The maximum atomic E-state index is 13.4. The van der Waals surface area contributed by atoms with Crippen molar-refractivity contribution in [3.05, 3.63) is 64.5 Å². The summed E-state index contributed by atoms with van der Waals surface area (Å²) in [6.45, 7) is 2.88. The third-order valence-electron chi connectivity index (χ3n) is 6.58. The summed E-state index contributed by atoms with van der Waals surface area (Å²) in [5.74, 6) is -0.351. The molecule has 1 aliphatic rings. The largest absolute Gasteiger partial charge is 0.368 e.